The zero-order chi connectivity index (χ0) is 19.3. The fourth-order valence-corrected chi connectivity index (χ4v) is 3.05. The van der Waals surface area contributed by atoms with Crippen LogP contribution in [0.2, 0.25) is 0 Å². The number of esters is 1. The molecule has 7 heteroatoms. The molecule has 26 heavy (non-hydrogen) atoms. The van der Waals surface area contributed by atoms with E-state index in [9.17, 15) is 13.8 Å². The highest BCUT2D eigenvalue weighted by Crippen LogP contribution is 2.25. The molecule has 0 saturated heterocycles. The minimum Gasteiger partial charge on any atom is -0.495 e. The third kappa shape index (κ3) is 4.70. The first-order valence-electron chi connectivity index (χ1n) is 7.92. The molecule has 0 saturated carbocycles. The molecule has 2 aromatic carbocycles. The Bertz CT molecular complexity index is 850. The summed E-state index contributed by atoms with van der Waals surface area (Å²) in [6.45, 7) is 3.36. The number of rotatable bonds is 6. The Morgan fingerprint density at radius 3 is 2.50 bits per heavy atom. The topological polar surface area (TPSA) is 81.7 Å². The molecule has 0 radical (unpaired) electrons. The number of aryl methyl sites for hydroxylation is 1. The standard InChI is InChI=1S/C19H21NO5S/c1-12-9-10-16(24-3)15(11-12)20-18(21)13(2)25-19(22)14-7-5-6-8-17(14)26(4)23/h5-11,13H,1-4H3,(H,20,21)/t13-,26-/m1/s1. The van der Waals surface area contributed by atoms with Crippen molar-refractivity contribution < 1.29 is 23.3 Å². The average Bonchev–Trinajstić information content (AvgIpc) is 2.61. The first-order chi connectivity index (χ1) is 12.3. The van der Waals surface area contributed by atoms with Crippen molar-refractivity contribution >= 4 is 28.4 Å². The predicted molar refractivity (Wildman–Crippen MR) is 100 cm³/mol. The summed E-state index contributed by atoms with van der Waals surface area (Å²) in [5.74, 6) is -0.679. The number of nitrogens with one attached hydrogen (secondary N) is 1. The Hall–Kier alpha value is -2.67. The number of hydrogen-bond acceptors (Lipinski definition) is 5. The van der Waals surface area contributed by atoms with Crippen LogP contribution in [0.25, 0.3) is 0 Å². The van der Waals surface area contributed by atoms with Gasteiger partial charge in [-0.15, -0.1) is 0 Å². The molecular weight excluding hydrogens is 354 g/mol. The van der Waals surface area contributed by atoms with Gasteiger partial charge in [0.15, 0.2) is 6.10 Å². The van der Waals surface area contributed by atoms with Gasteiger partial charge in [0.25, 0.3) is 5.91 Å². The molecule has 0 fully saturated rings. The van der Waals surface area contributed by atoms with E-state index >= 15 is 0 Å². The molecule has 2 aromatic rings. The van der Waals surface area contributed by atoms with Crippen molar-refractivity contribution in [3.8, 4) is 5.75 Å². The van der Waals surface area contributed by atoms with E-state index in [0.29, 0.717) is 16.3 Å². The molecule has 0 heterocycles. The van der Waals surface area contributed by atoms with E-state index in [1.54, 1.807) is 30.3 Å². The number of ether oxygens (including phenoxy) is 2. The van der Waals surface area contributed by atoms with Gasteiger partial charge in [-0.05, 0) is 43.7 Å². The molecule has 1 amide bonds. The summed E-state index contributed by atoms with van der Waals surface area (Å²) in [6, 6.07) is 11.8. The molecule has 1 N–H and O–H groups in total. The second kappa shape index (κ2) is 8.62. The van der Waals surface area contributed by atoms with Gasteiger partial charge in [-0.3, -0.25) is 9.00 Å². The van der Waals surface area contributed by atoms with Crippen molar-refractivity contribution in [2.24, 2.45) is 0 Å². The Morgan fingerprint density at radius 2 is 1.85 bits per heavy atom. The van der Waals surface area contributed by atoms with Crippen LogP contribution in [-0.2, 0) is 20.3 Å². The van der Waals surface area contributed by atoms with Gasteiger partial charge in [0, 0.05) is 6.26 Å². The van der Waals surface area contributed by atoms with Gasteiger partial charge >= 0.3 is 5.97 Å². The third-order valence-corrected chi connectivity index (χ3v) is 4.66. The average molecular weight is 375 g/mol. The smallest absolute Gasteiger partial charge is 0.340 e. The second-order valence-electron chi connectivity index (χ2n) is 5.69. The monoisotopic (exact) mass is 375 g/mol. The van der Waals surface area contributed by atoms with Gasteiger partial charge < -0.3 is 14.8 Å². The molecule has 2 atom stereocenters. The largest absolute Gasteiger partial charge is 0.495 e. The molecule has 0 aromatic heterocycles. The van der Waals surface area contributed by atoms with Crippen LogP contribution >= 0.6 is 0 Å². The predicted octanol–water partition coefficient (Wildman–Crippen LogP) is 2.93. The highest BCUT2D eigenvalue weighted by Gasteiger charge is 2.22. The Morgan fingerprint density at radius 1 is 1.15 bits per heavy atom. The minimum atomic E-state index is -1.34. The molecule has 0 aliphatic heterocycles. The minimum absolute atomic E-state index is 0.182. The van der Waals surface area contributed by atoms with Crippen molar-refractivity contribution in [2.75, 3.05) is 18.7 Å². The van der Waals surface area contributed by atoms with Crippen LogP contribution in [0.15, 0.2) is 47.4 Å². The van der Waals surface area contributed by atoms with E-state index in [4.69, 9.17) is 9.47 Å². The van der Waals surface area contributed by atoms with Crippen LogP contribution < -0.4 is 10.1 Å². The number of methoxy groups -OCH3 is 1. The summed E-state index contributed by atoms with van der Waals surface area (Å²) < 4.78 is 22.2. The molecule has 0 spiro atoms. The van der Waals surface area contributed by atoms with Gasteiger partial charge in [0.05, 0.1) is 34.1 Å². The zero-order valence-electron chi connectivity index (χ0n) is 15.1. The van der Waals surface area contributed by atoms with Crippen LogP contribution in [0.3, 0.4) is 0 Å². The summed E-state index contributed by atoms with van der Waals surface area (Å²) >= 11 is 0. The third-order valence-electron chi connectivity index (χ3n) is 3.68. The lowest BCUT2D eigenvalue weighted by Crippen LogP contribution is -2.30. The number of carbonyl (C=O) groups excluding carboxylic acids is 2. The lowest BCUT2D eigenvalue weighted by molar-refractivity contribution is -0.123. The van der Waals surface area contributed by atoms with Gasteiger partial charge in [-0.2, -0.15) is 0 Å². The molecule has 0 aliphatic carbocycles. The van der Waals surface area contributed by atoms with Crippen LogP contribution in [-0.4, -0.2) is 35.6 Å². The van der Waals surface area contributed by atoms with Crippen LogP contribution in [0.1, 0.15) is 22.8 Å². The fraction of sp³-hybridized carbons (Fsp3) is 0.263. The normalized spacial score (nSPS) is 12.8. The summed E-state index contributed by atoms with van der Waals surface area (Å²) in [4.78, 5) is 25.1. The van der Waals surface area contributed by atoms with Gasteiger partial charge in [0.1, 0.15) is 5.75 Å². The number of benzene rings is 2. The second-order valence-corrected chi connectivity index (χ2v) is 7.04. The van der Waals surface area contributed by atoms with E-state index < -0.39 is 28.8 Å². The highest BCUT2D eigenvalue weighted by molar-refractivity contribution is 7.84. The van der Waals surface area contributed by atoms with Crippen LogP contribution in [0, 0.1) is 6.92 Å². The Kier molecular flexibility index (Phi) is 6.52. The number of carbonyl (C=O) groups is 2. The highest BCUT2D eigenvalue weighted by atomic mass is 32.2. The number of hydrogen-bond donors (Lipinski definition) is 1. The van der Waals surface area contributed by atoms with Crippen LogP contribution in [0.4, 0.5) is 5.69 Å². The van der Waals surface area contributed by atoms with E-state index in [1.165, 1.54) is 26.4 Å². The summed E-state index contributed by atoms with van der Waals surface area (Å²) in [6.07, 6.45) is 0.442. The molecule has 0 aliphatic rings. The molecule has 6 nitrogen and oxygen atoms in total. The summed E-state index contributed by atoms with van der Waals surface area (Å²) in [5, 5.41) is 2.70. The van der Waals surface area contributed by atoms with E-state index in [2.05, 4.69) is 5.32 Å². The van der Waals surface area contributed by atoms with Crippen molar-refractivity contribution in [2.45, 2.75) is 24.8 Å². The van der Waals surface area contributed by atoms with Crippen molar-refractivity contribution in [3.05, 3.63) is 53.6 Å². The lowest BCUT2D eigenvalue weighted by Gasteiger charge is -2.16. The van der Waals surface area contributed by atoms with E-state index in [1.807, 2.05) is 13.0 Å². The molecule has 0 unspecified atom stereocenters. The van der Waals surface area contributed by atoms with E-state index in [0.717, 1.165) is 5.56 Å². The van der Waals surface area contributed by atoms with Crippen molar-refractivity contribution in [1.82, 2.24) is 0 Å². The zero-order valence-corrected chi connectivity index (χ0v) is 15.9. The maximum atomic E-state index is 12.4. The lowest BCUT2D eigenvalue weighted by atomic mass is 10.2. The molecule has 2 rings (SSSR count). The summed E-state index contributed by atoms with van der Waals surface area (Å²) in [7, 11) is 0.163. The maximum Gasteiger partial charge on any atom is 0.340 e. The maximum absolute atomic E-state index is 12.4. The van der Waals surface area contributed by atoms with Gasteiger partial charge in [-0.1, -0.05) is 18.2 Å². The summed E-state index contributed by atoms with van der Waals surface area (Å²) in [5.41, 5.74) is 1.63. The van der Waals surface area contributed by atoms with Gasteiger partial charge in [0.2, 0.25) is 0 Å². The molecule has 138 valence electrons. The molecular formula is C19H21NO5S. The number of anilines is 1. The van der Waals surface area contributed by atoms with E-state index in [-0.39, 0.29) is 5.56 Å². The first-order valence-corrected chi connectivity index (χ1v) is 9.48. The Balaban J connectivity index is 2.11. The molecule has 0 bridgehead atoms. The first kappa shape index (κ1) is 19.7. The quantitative estimate of drug-likeness (QED) is 0.785. The van der Waals surface area contributed by atoms with Crippen molar-refractivity contribution in [1.29, 1.82) is 0 Å². The SMILES string of the molecule is COc1ccc(C)cc1NC(=O)[C@@H](C)OC(=O)c1ccccc1[S@@](C)=O. The van der Waals surface area contributed by atoms with Gasteiger partial charge in [-0.25, -0.2) is 4.79 Å². The van der Waals surface area contributed by atoms with Crippen molar-refractivity contribution in [3.63, 3.8) is 0 Å². The fourth-order valence-electron chi connectivity index (χ4n) is 2.32. The number of amides is 1. The van der Waals surface area contributed by atoms with Crippen LogP contribution in [0.5, 0.6) is 5.75 Å². The Labute approximate surface area is 155 Å².